The molecule has 2 aromatic rings. The van der Waals surface area contributed by atoms with E-state index >= 15 is 0 Å². The molecule has 0 saturated heterocycles. The highest BCUT2D eigenvalue weighted by atomic mass is 16.2. The number of rotatable bonds is 8. The monoisotopic (exact) mass is 380 g/mol. The maximum Gasteiger partial charge on any atom is 0.271 e. The summed E-state index contributed by atoms with van der Waals surface area (Å²) in [7, 11) is 0. The smallest absolute Gasteiger partial charge is 0.271 e. The molecular weight excluding hydrogens is 352 g/mol. The lowest BCUT2D eigenvalue weighted by molar-refractivity contribution is -0.118. The van der Waals surface area contributed by atoms with E-state index in [1.165, 1.54) is 0 Å². The molecule has 148 valence electrons. The van der Waals surface area contributed by atoms with Crippen molar-refractivity contribution < 1.29 is 9.59 Å². The summed E-state index contributed by atoms with van der Waals surface area (Å²) in [6, 6.07) is 14.7. The average molecular weight is 380 g/mol. The standard InChI is InChI=1S/C22H28N4O2/c1-5-26(6-2)20-13-7-17(8-14-20)15-23-25-22(28)18-9-11-19(12-10-18)24-21(27)16(3)4/h7-16H,5-6H2,1-4H3,(H,24,27)(H,25,28). The van der Waals surface area contributed by atoms with Gasteiger partial charge in [-0.25, -0.2) is 5.43 Å². The highest BCUT2D eigenvalue weighted by Gasteiger charge is 2.08. The van der Waals surface area contributed by atoms with Crippen LogP contribution >= 0.6 is 0 Å². The minimum absolute atomic E-state index is 0.0613. The number of hydrazone groups is 1. The van der Waals surface area contributed by atoms with Crippen molar-refractivity contribution in [1.29, 1.82) is 0 Å². The van der Waals surface area contributed by atoms with E-state index in [1.54, 1.807) is 30.5 Å². The first kappa shape index (κ1) is 21.2. The number of nitrogens with one attached hydrogen (secondary N) is 2. The zero-order valence-electron chi connectivity index (χ0n) is 16.9. The third-order valence-electron chi connectivity index (χ3n) is 4.34. The maximum atomic E-state index is 12.2. The molecule has 6 heteroatoms. The molecule has 0 saturated carbocycles. The Labute approximate surface area is 166 Å². The Morgan fingerprint density at radius 3 is 2.14 bits per heavy atom. The van der Waals surface area contributed by atoms with Crippen molar-refractivity contribution in [2.45, 2.75) is 27.7 Å². The van der Waals surface area contributed by atoms with Gasteiger partial charge in [-0.05, 0) is 55.8 Å². The summed E-state index contributed by atoms with van der Waals surface area (Å²) in [6.07, 6.45) is 1.61. The fourth-order valence-electron chi connectivity index (χ4n) is 2.58. The molecule has 0 bridgehead atoms. The number of benzene rings is 2. The number of hydrogen-bond donors (Lipinski definition) is 2. The first-order valence-electron chi connectivity index (χ1n) is 9.54. The second-order valence-electron chi connectivity index (χ2n) is 6.68. The molecule has 0 fully saturated rings. The molecule has 0 aliphatic rings. The highest BCUT2D eigenvalue weighted by Crippen LogP contribution is 2.14. The van der Waals surface area contributed by atoms with E-state index in [0.29, 0.717) is 11.3 Å². The van der Waals surface area contributed by atoms with Crippen LogP contribution in [0.3, 0.4) is 0 Å². The first-order chi connectivity index (χ1) is 13.4. The number of hydrogen-bond acceptors (Lipinski definition) is 4. The van der Waals surface area contributed by atoms with Gasteiger partial charge in [0.25, 0.3) is 5.91 Å². The molecule has 0 atom stereocenters. The third kappa shape index (κ3) is 5.94. The van der Waals surface area contributed by atoms with Crippen LogP contribution in [-0.4, -0.2) is 31.1 Å². The molecule has 6 nitrogen and oxygen atoms in total. The Bertz CT molecular complexity index is 807. The Kier molecular flexibility index (Phi) is 7.75. The van der Waals surface area contributed by atoms with Gasteiger partial charge < -0.3 is 10.2 Å². The minimum atomic E-state index is -0.308. The maximum absolute atomic E-state index is 12.2. The summed E-state index contributed by atoms with van der Waals surface area (Å²) in [5, 5.41) is 6.81. The fraction of sp³-hybridized carbons (Fsp3) is 0.318. The number of carbonyl (C=O) groups is 2. The van der Waals surface area contributed by atoms with Crippen LogP contribution < -0.4 is 15.6 Å². The molecule has 0 aliphatic carbocycles. The quantitative estimate of drug-likeness (QED) is 0.539. The number of carbonyl (C=O) groups excluding carboxylic acids is 2. The SMILES string of the molecule is CCN(CC)c1ccc(C=NNC(=O)c2ccc(NC(=O)C(C)C)cc2)cc1. The third-order valence-corrected chi connectivity index (χ3v) is 4.34. The van der Waals surface area contributed by atoms with Crippen LogP contribution in [0.15, 0.2) is 53.6 Å². The second kappa shape index (κ2) is 10.3. The normalized spacial score (nSPS) is 10.9. The molecule has 2 aromatic carbocycles. The topological polar surface area (TPSA) is 73.8 Å². The first-order valence-corrected chi connectivity index (χ1v) is 9.54. The highest BCUT2D eigenvalue weighted by molar-refractivity contribution is 5.96. The number of amides is 2. The Morgan fingerprint density at radius 1 is 1.00 bits per heavy atom. The van der Waals surface area contributed by atoms with Crippen molar-refractivity contribution in [3.63, 3.8) is 0 Å². The van der Waals surface area contributed by atoms with E-state index in [4.69, 9.17) is 0 Å². The van der Waals surface area contributed by atoms with Crippen LogP contribution in [0.4, 0.5) is 11.4 Å². The van der Waals surface area contributed by atoms with Gasteiger partial charge in [-0.3, -0.25) is 9.59 Å². The van der Waals surface area contributed by atoms with Gasteiger partial charge >= 0.3 is 0 Å². The van der Waals surface area contributed by atoms with Crippen LogP contribution in [0.2, 0.25) is 0 Å². The zero-order valence-corrected chi connectivity index (χ0v) is 16.9. The van der Waals surface area contributed by atoms with Crippen LogP contribution in [0.5, 0.6) is 0 Å². The van der Waals surface area contributed by atoms with Crippen LogP contribution in [0, 0.1) is 5.92 Å². The second-order valence-corrected chi connectivity index (χ2v) is 6.68. The van der Waals surface area contributed by atoms with Gasteiger partial charge in [-0.2, -0.15) is 5.10 Å². The van der Waals surface area contributed by atoms with E-state index in [2.05, 4.69) is 34.6 Å². The van der Waals surface area contributed by atoms with Gasteiger partial charge in [0.1, 0.15) is 0 Å². The summed E-state index contributed by atoms with van der Waals surface area (Å²) in [4.78, 5) is 26.1. The molecule has 0 unspecified atom stereocenters. The molecule has 2 amide bonds. The van der Waals surface area contributed by atoms with E-state index in [9.17, 15) is 9.59 Å². The largest absolute Gasteiger partial charge is 0.372 e. The Hall–Kier alpha value is -3.15. The van der Waals surface area contributed by atoms with E-state index in [0.717, 1.165) is 24.3 Å². The van der Waals surface area contributed by atoms with Crippen LogP contribution in [0.25, 0.3) is 0 Å². The van der Waals surface area contributed by atoms with Crippen molar-refractivity contribution in [1.82, 2.24) is 5.43 Å². The lowest BCUT2D eigenvalue weighted by Gasteiger charge is -2.20. The molecule has 0 spiro atoms. The number of anilines is 2. The fourth-order valence-corrected chi connectivity index (χ4v) is 2.58. The van der Waals surface area contributed by atoms with Crippen molar-refractivity contribution in [2.24, 2.45) is 11.0 Å². The molecule has 0 heterocycles. The van der Waals surface area contributed by atoms with Gasteiger partial charge in [0.15, 0.2) is 0 Å². The lowest BCUT2D eigenvalue weighted by atomic mass is 10.1. The molecule has 0 aliphatic heterocycles. The summed E-state index contributed by atoms with van der Waals surface area (Å²) in [5.74, 6) is -0.468. The van der Waals surface area contributed by atoms with Gasteiger partial charge in [0.05, 0.1) is 6.21 Å². The predicted molar refractivity (Wildman–Crippen MR) is 115 cm³/mol. The average Bonchev–Trinajstić information content (AvgIpc) is 2.70. The van der Waals surface area contributed by atoms with Crippen molar-refractivity contribution in [2.75, 3.05) is 23.3 Å². The van der Waals surface area contributed by atoms with Crippen LogP contribution in [-0.2, 0) is 4.79 Å². The molecule has 28 heavy (non-hydrogen) atoms. The Morgan fingerprint density at radius 2 is 1.61 bits per heavy atom. The molecular formula is C22H28N4O2. The molecule has 2 N–H and O–H groups in total. The van der Waals surface area contributed by atoms with E-state index in [-0.39, 0.29) is 17.7 Å². The van der Waals surface area contributed by atoms with Gasteiger partial charge in [0, 0.05) is 35.9 Å². The van der Waals surface area contributed by atoms with E-state index < -0.39 is 0 Å². The Balaban J connectivity index is 1.91. The van der Waals surface area contributed by atoms with Gasteiger partial charge in [0.2, 0.25) is 5.91 Å². The van der Waals surface area contributed by atoms with Crippen LogP contribution in [0.1, 0.15) is 43.6 Å². The van der Waals surface area contributed by atoms with Crippen molar-refractivity contribution in [3.05, 3.63) is 59.7 Å². The summed E-state index contributed by atoms with van der Waals surface area (Å²) >= 11 is 0. The molecule has 0 radical (unpaired) electrons. The predicted octanol–water partition coefficient (Wildman–Crippen LogP) is 3.89. The molecule has 2 rings (SSSR count). The molecule has 0 aromatic heterocycles. The summed E-state index contributed by atoms with van der Waals surface area (Å²) in [6.45, 7) is 9.82. The van der Waals surface area contributed by atoms with Gasteiger partial charge in [-0.15, -0.1) is 0 Å². The van der Waals surface area contributed by atoms with Crippen molar-refractivity contribution >= 4 is 29.4 Å². The lowest BCUT2D eigenvalue weighted by Crippen LogP contribution is -2.21. The number of nitrogens with zero attached hydrogens (tertiary/aromatic N) is 2. The van der Waals surface area contributed by atoms with Crippen molar-refractivity contribution in [3.8, 4) is 0 Å². The minimum Gasteiger partial charge on any atom is -0.372 e. The summed E-state index contributed by atoms with van der Waals surface area (Å²) < 4.78 is 0. The van der Waals surface area contributed by atoms with Gasteiger partial charge in [-0.1, -0.05) is 26.0 Å². The summed E-state index contributed by atoms with van der Waals surface area (Å²) in [5.41, 5.74) is 5.72. The van der Waals surface area contributed by atoms with E-state index in [1.807, 2.05) is 38.1 Å². The zero-order chi connectivity index (χ0) is 20.5.